The molecule has 0 radical (unpaired) electrons. The molecule has 2 aromatic carbocycles. The van der Waals surface area contributed by atoms with Crippen molar-refractivity contribution in [3.8, 4) is 17.2 Å². The van der Waals surface area contributed by atoms with Gasteiger partial charge >= 0.3 is 0 Å². The van der Waals surface area contributed by atoms with E-state index in [2.05, 4.69) is 29.2 Å². The molecule has 3 rings (SSSR count). The third-order valence-electron chi connectivity index (χ3n) is 3.17. The predicted octanol–water partition coefficient (Wildman–Crippen LogP) is 3.34. The molecule has 1 heterocycles. The molecule has 0 saturated carbocycles. The van der Waals surface area contributed by atoms with Crippen LogP contribution in [0, 0.1) is 6.92 Å². The second kappa shape index (κ2) is 5.17. The van der Waals surface area contributed by atoms with Crippen molar-refractivity contribution in [2.45, 2.75) is 13.3 Å². The molecule has 0 aliphatic carbocycles. The van der Waals surface area contributed by atoms with Gasteiger partial charge in [0, 0.05) is 12.0 Å². The highest BCUT2D eigenvalue weighted by molar-refractivity contribution is 5.55. The number of aromatic nitrogens is 2. The second-order valence-corrected chi connectivity index (χ2v) is 4.67. The molecule has 0 unspecified atom stereocenters. The Morgan fingerprint density at radius 2 is 1.95 bits per heavy atom. The van der Waals surface area contributed by atoms with Crippen molar-refractivity contribution in [2.24, 2.45) is 0 Å². The van der Waals surface area contributed by atoms with Crippen molar-refractivity contribution in [1.82, 2.24) is 10.1 Å². The number of phenols is 1. The van der Waals surface area contributed by atoms with E-state index < -0.39 is 0 Å². The van der Waals surface area contributed by atoms with Gasteiger partial charge in [0.2, 0.25) is 0 Å². The average Bonchev–Trinajstić information content (AvgIpc) is 2.90. The maximum atomic E-state index is 9.46. The molecule has 1 N–H and O–H groups in total. The van der Waals surface area contributed by atoms with Gasteiger partial charge in [-0.15, -0.1) is 0 Å². The van der Waals surface area contributed by atoms with E-state index in [4.69, 9.17) is 4.52 Å². The highest BCUT2D eigenvalue weighted by atomic mass is 16.5. The molecule has 0 saturated heterocycles. The fourth-order valence-electron chi connectivity index (χ4n) is 2.06. The van der Waals surface area contributed by atoms with Crippen LogP contribution in [0.15, 0.2) is 53.1 Å². The van der Waals surface area contributed by atoms with Gasteiger partial charge in [-0.3, -0.25) is 0 Å². The number of rotatable bonds is 3. The smallest absolute Gasteiger partial charge is 0.258 e. The summed E-state index contributed by atoms with van der Waals surface area (Å²) in [7, 11) is 0. The zero-order valence-corrected chi connectivity index (χ0v) is 11.1. The Hall–Kier alpha value is -2.62. The Kier molecular flexibility index (Phi) is 3.21. The van der Waals surface area contributed by atoms with Crippen LogP contribution in [-0.4, -0.2) is 15.2 Å². The van der Waals surface area contributed by atoms with Crippen LogP contribution < -0.4 is 0 Å². The topological polar surface area (TPSA) is 59.2 Å². The van der Waals surface area contributed by atoms with Crippen molar-refractivity contribution in [1.29, 1.82) is 0 Å². The fourth-order valence-corrected chi connectivity index (χ4v) is 2.06. The second-order valence-electron chi connectivity index (χ2n) is 4.67. The predicted molar refractivity (Wildman–Crippen MR) is 75.4 cm³/mol. The molecule has 0 amide bonds. The van der Waals surface area contributed by atoms with E-state index in [0.29, 0.717) is 23.7 Å². The van der Waals surface area contributed by atoms with Gasteiger partial charge in [0.15, 0.2) is 5.82 Å². The number of hydrogen-bond donors (Lipinski definition) is 1. The zero-order chi connectivity index (χ0) is 13.9. The molecule has 4 nitrogen and oxygen atoms in total. The Morgan fingerprint density at radius 1 is 1.10 bits per heavy atom. The number of hydrogen-bond acceptors (Lipinski definition) is 4. The van der Waals surface area contributed by atoms with E-state index in [1.54, 1.807) is 18.2 Å². The molecule has 3 aromatic rings. The minimum absolute atomic E-state index is 0.182. The van der Waals surface area contributed by atoms with Crippen LogP contribution in [0.3, 0.4) is 0 Å². The van der Waals surface area contributed by atoms with Crippen LogP contribution in [0.5, 0.6) is 5.75 Å². The van der Waals surface area contributed by atoms with Gasteiger partial charge in [-0.05, 0) is 36.2 Å². The molecule has 0 bridgehead atoms. The van der Waals surface area contributed by atoms with Crippen LogP contribution in [0.1, 0.15) is 17.0 Å². The van der Waals surface area contributed by atoms with E-state index >= 15 is 0 Å². The molecule has 0 aliphatic rings. The van der Waals surface area contributed by atoms with Gasteiger partial charge in [-0.1, -0.05) is 35.5 Å². The number of nitrogens with zero attached hydrogens (tertiary/aromatic N) is 2. The monoisotopic (exact) mass is 266 g/mol. The molecule has 0 atom stereocenters. The van der Waals surface area contributed by atoms with Crippen LogP contribution in [0.2, 0.25) is 0 Å². The van der Waals surface area contributed by atoms with E-state index in [9.17, 15) is 5.11 Å². The number of phenolic OH excluding ortho intramolecular Hbond substituents is 1. The summed E-state index contributed by atoms with van der Waals surface area (Å²) < 4.78 is 5.25. The van der Waals surface area contributed by atoms with Gasteiger partial charge in [-0.2, -0.15) is 4.98 Å². The normalized spacial score (nSPS) is 10.7. The van der Waals surface area contributed by atoms with Crippen molar-refractivity contribution < 1.29 is 9.63 Å². The first-order valence-electron chi connectivity index (χ1n) is 6.39. The lowest BCUT2D eigenvalue weighted by Crippen LogP contribution is -1.93. The first-order valence-corrected chi connectivity index (χ1v) is 6.39. The highest BCUT2D eigenvalue weighted by Gasteiger charge is 2.10. The van der Waals surface area contributed by atoms with Crippen LogP contribution in [0.4, 0.5) is 0 Å². The summed E-state index contributed by atoms with van der Waals surface area (Å²) in [5, 5.41) is 13.5. The maximum absolute atomic E-state index is 9.46. The molecule has 1 aromatic heterocycles. The number of benzene rings is 2. The third-order valence-corrected chi connectivity index (χ3v) is 3.17. The van der Waals surface area contributed by atoms with Crippen LogP contribution in [0.25, 0.3) is 11.5 Å². The number of aromatic hydroxyl groups is 1. The molecule has 0 aliphatic heterocycles. The first kappa shape index (κ1) is 12.4. The summed E-state index contributed by atoms with van der Waals surface area (Å²) in [4.78, 5) is 4.37. The molecule has 20 heavy (non-hydrogen) atoms. The van der Waals surface area contributed by atoms with Crippen LogP contribution >= 0.6 is 0 Å². The summed E-state index contributed by atoms with van der Waals surface area (Å²) in [5.41, 5.74) is 3.10. The van der Waals surface area contributed by atoms with E-state index in [1.807, 2.05) is 18.2 Å². The fraction of sp³-hybridized carbons (Fsp3) is 0.125. The molecular formula is C16H14N2O2. The van der Waals surface area contributed by atoms with Crippen molar-refractivity contribution in [3.05, 3.63) is 65.5 Å². The lowest BCUT2D eigenvalue weighted by molar-refractivity contribution is 0.423. The van der Waals surface area contributed by atoms with Gasteiger partial charge in [0.1, 0.15) is 5.75 Å². The molecule has 4 heteroatoms. The SMILES string of the molecule is Cc1ccccc1Cc1noc(-c2cccc(O)c2)n1. The lowest BCUT2D eigenvalue weighted by Gasteiger charge is -2.00. The Morgan fingerprint density at radius 3 is 2.75 bits per heavy atom. The lowest BCUT2D eigenvalue weighted by atomic mass is 10.1. The standard InChI is InChI=1S/C16H14N2O2/c1-11-5-2-3-6-12(11)10-15-17-16(20-18-15)13-7-4-8-14(19)9-13/h2-9,19H,10H2,1H3. The molecule has 100 valence electrons. The van der Waals surface area contributed by atoms with Crippen molar-refractivity contribution in [3.63, 3.8) is 0 Å². The summed E-state index contributed by atoms with van der Waals surface area (Å²) in [5.74, 6) is 1.24. The summed E-state index contributed by atoms with van der Waals surface area (Å²) >= 11 is 0. The van der Waals surface area contributed by atoms with Crippen LogP contribution in [-0.2, 0) is 6.42 Å². The third kappa shape index (κ3) is 2.54. The van der Waals surface area contributed by atoms with Crippen molar-refractivity contribution >= 4 is 0 Å². The van der Waals surface area contributed by atoms with E-state index in [0.717, 1.165) is 0 Å². The Labute approximate surface area is 116 Å². The number of aryl methyl sites for hydroxylation is 1. The van der Waals surface area contributed by atoms with E-state index in [-0.39, 0.29) is 5.75 Å². The maximum Gasteiger partial charge on any atom is 0.258 e. The summed E-state index contributed by atoms with van der Waals surface area (Å²) in [6, 6.07) is 14.9. The largest absolute Gasteiger partial charge is 0.508 e. The summed E-state index contributed by atoms with van der Waals surface area (Å²) in [6.45, 7) is 2.06. The average molecular weight is 266 g/mol. The van der Waals surface area contributed by atoms with E-state index in [1.165, 1.54) is 11.1 Å². The minimum atomic E-state index is 0.182. The van der Waals surface area contributed by atoms with Gasteiger partial charge in [0.25, 0.3) is 5.89 Å². The zero-order valence-electron chi connectivity index (χ0n) is 11.1. The molecule has 0 spiro atoms. The Bertz CT molecular complexity index is 735. The van der Waals surface area contributed by atoms with Gasteiger partial charge in [-0.25, -0.2) is 0 Å². The highest BCUT2D eigenvalue weighted by Crippen LogP contribution is 2.22. The van der Waals surface area contributed by atoms with Crippen molar-refractivity contribution in [2.75, 3.05) is 0 Å². The van der Waals surface area contributed by atoms with Gasteiger partial charge < -0.3 is 9.63 Å². The Balaban J connectivity index is 1.86. The quantitative estimate of drug-likeness (QED) is 0.789. The first-order chi connectivity index (χ1) is 9.72. The summed E-state index contributed by atoms with van der Waals surface area (Å²) in [6.07, 6.45) is 0.634. The van der Waals surface area contributed by atoms with Gasteiger partial charge in [0.05, 0.1) is 0 Å². The molecule has 0 fully saturated rings. The molecular weight excluding hydrogens is 252 g/mol. The minimum Gasteiger partial charge on any atom is -0.508 e.